The first-order valence-corrected chi connectivity index (χ1v) is 26.9. The number of anilines is 3. The van der Waals surface area contributed by atoms with Crippen LogP contribution in [0.15, 0.2) is 162 Å². The van der Waals surface area contributed by atoms with Crippen LogP contribution in [0.4, 0.5) is 30.2 Å². The van der Waals surface area contributed by atoms with Crippen LogP contribution < -0.4 is 31.9 Å². The molecule has 4 heterocycles. The summed E-state index contributed by atoms with van der Waals surface area (Å²) in [7, 11) is 0. The predicted molar refractivity (Wildman–Crippen MR) is 292 cm³/mol. The second kappa shape index (κ2) is 26.5. The Hall–Kier alpha value is -6.66. The first kappa shape index (κ1) is 53.6. The number of carbonyl (C=O) groups excluding carboxylic acids is 3. The third-order valence-corrected chi connectivity index (χ3v) is 14.5. The van der Waals surface area contributed by atoms with E-state index in [0.717, 1.165) is 103 Å². The van der Waals surface area contributed by atoms with Crippen LogP contribution in [0.25, 0.3) is 10.6 Å². The van der Waals surface area contributed by atoms with Gasteiger partial charge < -0.3 is 36.6 Å². The molecule has 0 aliphatic carbocycles. The van der Waals surface area contributed by atoms with Crippen LogP contribution in [0.1, 0.15) is 97.1 Å². The number of nitrogens with zero attached hydrogens (tertiary/aromatic N) is 1. The Kier molecular flexibility index (Phi) is 19.2. The highest BCUT2D eigenvalue weighted by molar-refractivity contribution is 7.98. The Morgan fingerprint density at radius 2 is 1.15 bits per heavy atom. The molecule has 3 amide bonds. The van der Waals surface area contributed by atoms with Gasteiger partial charge in [0.25, 0.3) is 17.7 Å². The Morgan fingerprint density at radius 3 is 1.66 bits per heavy atom. The van der Waals surface area contributed by atoms with Gasteiger partial charge in [-0.3, -0.25) is 14.4 Å². The SMILES string of the molecule is CSc1ccc(C(=O)Nc2ccc([C@@H]3CCCNC3)cc2)cc1.O=C(Nc1ccc(C2CNCCO2)cc1)c1csc(-c2ccccc2)n1.O=C(Nc1ccc([C@@H]2CCCNC2)cc1)c1cccc(C(F)(F)F)c1. The molecule has 16 heteroatoms. The maximum atomic E-state index is 12.7. The van der Waals surface area contributed by atoms with E-state index in [2.05, 4.69) is 49.0 Å². The molecule has 384 valence electrons. The van der Waals surface area contributed by atoms with Crippen LogP contribution in [-0.2, 0) is 10.9 Å². The fourth-order valence-electron chi connectivity index (χ4n) is 8.78. The number of amides is 3. The van der Waals surface area contributed by atoms with Gasteiger partial charge in [0, 0.05) is 70.2 Å². The van der Waals surface area contributed by atoms with Crippen molar-refractivity contribution in [2.75, 3.05) is 68.1 Å². The number of hydrogen-bond donors (Lipinski definition) is 6. The number of piperidine rings is 2. The van der Waals surface area contributed by atoms with Gasteiger partial charge in [0.15, 0.2) is 0 Å². The standard InChI is InChI=1S/C20H19N3O2S.C19H19F3N2O.C19H22N2OS/c24-19(17-13-26-20(23-17)15-4-2-1-3-5-15)22-16-8-6-14(7-9-16)18-12-21-10-11-25-18;20-19(21,22)16-5-1-3-14(11-16)18(25)24-17-8-6-13(7-9-17)15-4-2-10-23-12-15;1-23-18-10-6-15(7-11-18)19(22)21-17-8-4-14(5-9-17)16-3-2-12-20-13-16/h1-9,13,18,21H,10-12H2,(H,22,24);1,3,5-9,11,15,23H,2,4,10,12H2,(H,24,25);4-11,16,20H,2-3,12-13H2,1H3,(H,21,22)/t;15-;16-/m.11/s1. The summed E-state index contributed by atoms with van der Waals surface area (Å²) in [6.45, 7) is 6.58. The summed E-state index contributed by atoms with van der Waals surface area (Å²) in [6, 6.07) is 45.5. The number of nitrogens with one attached hydrogen (secondary N) is 6. The van der Waals surface area contributed by atoms with Crippen LogP contribution in [0, 0.1) is 0 Å². The van der Waals surface area contributed by atoms with Crippen LogP contribution in [-0.4, -0.2) is 74.8 Å². The zero-order chi connectivity index (χ0) is 51.7. The molecule has 3 aliphatic rings. The third kappa shape index (κ3) is 15.4. The number of hydrogen-bond acceptors (Lipinski definition) is 10. The highest BCUT2D eigenvalue weighted by atomic mass is 32.2. The van der Waals surface area contributed by atoms with E-state index in [0.29, 0.717) is 28.8 Å². The highest BCUT2D eigenvalue weighted by Crippen LogP contribution is 2.31. The molecule has 0 spiro atoms. The number of thioether (sulfide) groups is 1. The molecule has 1 unspecified atom stereocenters. The minimum Gasteiger partial charge on any atom is -0.371 e. The number of benzene rings is 6. The monoisotopic (exact) mass is 1040 g/mol. The molecular weight excluding hydrogens is 980 g/mol. The van der Waals surface area contributed by atoms with Gasteiger partial charge in [-0.15, -0.1) is 23.1 Å². The molecule has 0 radical (unpaired) electrons. The van der Waals surface area contributed by atoms with Crippen LogP contribution in [0.5, 0.6) is 0 Å². The molecule has 6 N–H and O–H groups in total. The normalized spacial score (nSPS) is 17.5. The van der Waals surface area contributed by atoms with Gasteiger partial charge in [-0.1, -0.05) is 72.8 Å². The Labute approximate surface area is 438 Å². The molecule has 0 saturated carbocycles. The molecule has 7 aromatic rings. The third-order valence-electron chi connectivity index (χ3n) is 12.9. The fourth-order valence-corrected chi connectivity index (χ4v) is 10.00. The maximum absolute atomic E-state index is 12.7. The topological polar surface area (TPSA) is 146 Å². The van der Waals surface area contributed by atoms with Crippen LogP contribution >= 0.6 is 23.1 Å². The predicted octanol–water partition coefficient (Wildman–Crippen LogP) is 12.3. The number of carbonyl (C=O) groups is 3. The number of halogens is 3. The number of aromatic nitrogens is 1. The molecule has 1 aromatic heterocycles. The average molecular weight is 1040 g/mol. The molecule has 3 aliphatic heterocycles. The van der Waals surface area contributed by atoms with Gasteiger partial charge in [0.05, 0.1) is 18.3 Å². The second-order valence-electron chi connectivity index (χ2n) is 18.1. The second-order valence-corrected chi connectivity index (χ2v) is 19.8. The zero-order valence-electron chi connectivity index (χ0n) is 41.1. The van der Waals surface area contributed by atoms with Crippen molar-refractivity contribution < 1.29 is 32.3 Å². The lowest BCUT2D eigenvalue weighted by molar-refractivity contribution is -0.137. The Morgan fingerprint density at radius 1 is 0.608 bits per heavy atom. The largest absolute Gasteiger partial charge is 0.416 e. The average Bonchev–Trinajstić information content (AvgIpc) is 3.96. The Balaban J connectivity index is 0.000000148. The number of thiazole rings is 1. The van der Waals surface area contributed by atoms with Gasteiger partial charge in [0.2, 0.25) is 0 Å². The van der Waals surface area contributed by atoms with Gasteiger partial charge in [0.1, 0.15) is 10.7 Å². The van der Waals surface area contributed by atoms with Crippen molar-refractivity contribution in [2.24, 2.45) is 0 Å². The van der Waals surface area contributed by atoms with E-state index < -0.39 is 17.6 Å². The lowest BCUT2D eigenvalue weighted by Crippen LogP contribution is -2.33. The maximum Gasteiger partial charge on any atom is 0.416 e. The first-order valence-electron chi connectivity index (χ1n) is 24.8. The lowest BCUT2D eigenvalue weighted by Gasteiger charge is -2.24. The van der Waals surface area contributed by atoms with Crippen molar-refractivity contribution in [3.63, 3.8) is 0 Å². The Bertz CT molecular complexity index is 2890. The van der Waals surface area contributed by atoms with Gasteiger partial charge in [-0.05, 0) is 152 Å². The molecule has 11 nitrogen and oxygen atoms in total. The van der Waals surface area contributed by atoms with E-state index in [4.69, 9.17) is 4.74 Å². The molecule has 74 heavy (non-hydrogen) atoms. The zero-order valence-corrected chi connectivity index (χ0v) is 42.7. The summed E-state index contributed by atoms with van der Waals surface area (Å²) in [4.78, 5) is 42.5. The minimum absolute atomic E-state index is 0.0182. The first-order chi connectivity index (χ1) is 36.0. The summed E-state index contributed by atoms with van der Waals surface area (Å²) in [5.74, 6) is 0.226. The number of ether oxygens (including phenoxy) is 1. The number of rotatable bonds is 11. The molecule has 3 fully saturated rings. The molecule has 10 rings (SSSR count). The lowest BCUT2D eigenvalue weighted by atomic mass is 9.91. The summed E-state index contributed by atoms with van der Waals surface area (Å²) in [5.41, 5.74) is 7.08. The molecule has 6 aromatic carbocycles. The van der Waals surface area contributed by atoms with Crippen molar-refractivity contribution >= 4 is 57.9 Å². The number of morpholine rings is 1. The van der Waals surface area contributed by atoms with Gasteiger partial charge in [-0.2, -0.15) is 13.2 Å². The van der Waals surface area contributed by atoms with E-state index in [1.807, 2.05) is 109 Å². The summed E-state index contributed by atoms with van der Waals surface area (Å²) in [6.07, 6.45) is 2.36. The molecule has 0 bridgehead atoms. The quantitative estimate of drug-likeness (QED) is 0.0698. The highest BCUT2D eigenvalue weighted by Gasteiger charge is 2.31. The van der Waals surface area contributed by atoms with E-state index >= 15 is 0 Å². The molecule has 3 atom stereocenters. The van der Waals surface area contributed by atoms with E-state index in [1.165, 1.54) is 47.4 Å². The summed E-state index contributed by atoms with van der Waals surface area (Å²) < 4.78 is 44.0. The minimum atomic E-state index is -4.47. The number of alkyl halides is 3. The molecule has 3 saturated heterocycles. The van der Waals surface area contributed by atoms with E-state index in [1.54, 1.807) is 29.3 Å². The van der Waals surface area contributed by atoms with Crippen molar-refractivity contribution in [3.8, 4) is 10.6 Å². The van der Waals surface area contributed by atoms with Crippen LogP contribution in [0.2, 0.25) is 0 Å². The fraction of sp³-hybridized carbons (Fsp3) is 0.276. The van der Waals surface area contributed by atoms with Crippen molar-refractivity contribution in [2.45, 2.75) is 54.7 Å². The van der Waals surface area contributed by atoms with E-state index in [9.17, 15) is 27.6 Å². The van der Waals surface area contributed by atoms with E-state index in [-0.39, 0.29) is 23.5 Å². The van der Waals surface area contributed by atoms with Gasteiger partial charge in [-0.25, -0.2) is 4.98 Å². The van der Waals surface area contributed by atoms with Crippen LogP contribution in [0.3, 0.4) is 0 Å². The summed E-state index contributed by atoms with van der Waals surface area (Å²) in [5, 5.41) is 21.3. The molecular formula is C58H60F3N7O4S2. The van der Waals surface area contributed by atoms with Crippen molar-refractivity contribution in [1.82, 2.24) is 20.9 Å². The van der Waals surface area contributed by atoms with Crippen molar-refractivity contribution in [3.05, 3.63) is 196 Å². The smallest absolute Gasteiger partial charge is 0.371 e. The summed E-state index contributed by atoms with van der Waals surface area (Å²) >= 11 is 3.14. The van der Waals surface area contributed by atoms with Crippen molar-refractivity contribution in [1.29, 1.82) is 0 Å². The van der Waals surface area contributed by atoms with Gasteiger partial charge >= 0.3 is 6.18 Å².